The molecule has 4 heterocycles. The Balaban J connectivity index is 1.53. The molecule has 6 rings (SSSR count). The van der Waals surface area contributed by atoms with E-state index in [2.05, 4.69) is 24.1 Å². The smallest absolute Gasteiger partial charge is 0.180 e. The maximum Gasteiger partial charge on any atom is 0.180 e. The number of aromatic nitrogens is 3. The maximum atomic E-state index is 6.72. The Hall–Kier alpha value is -3.84. The Labute approximate surface area is 198 Å². The summed E-state index contributed by atoms with van der Waals surface area (Å²) < 4.78 is 14.3. The number of ether oxygens (including phenoxy) is 2. The molecule has 4 aromatic rings. The first-order valence-electron chi connectivity index (χ1n) is 11.5. The predicted molar refractivity (Wildman–Crippen MR) is 134 cm³/mol. The van der Waals surface area contributed by atoms with E-state index in [0.717, 1.165) is 65.3 Å². The largest absolute Gasteiger partial charge is 0.496 e. The van der Waals surface area contributed by atoms with Gasteiger partial charge in [-0.3, -0.25) is 0 Å². The van der Waals surface area contributed by atoms with E-state index in [9.17, 15) is 0 Å². The van der Waals surface area contributed by atoms with Crippen molar-refractivity contribution < 1.29 is 9.47 Å². The third kappa shape index (κ3) is 3.31. The van der Waals surface area contributed by atoms with Gasteiger partial charge in [-0.15, -0.1) is 5.10 Å². The second kappa shape index (κ2) is 7.88. The molecule has 7 nitrogen and oxygen atoms in total. The number of anilines is 1. The van der Waals surface area contributed by atoms with Crippen LogP contribution in [0.5, 0.6) is 11.5 Å². The van der Waals surface area contributed by atoms with Crippen LogP contribution in [0.1, 0.15) is 24.2 Å². The molecular weight excluding hydrogens is 426 g/mol. The third-order valence-electron chi connectivity index (χ3n) is 6.95. The average molecular weight is 454 g/mol. The molecule has 2 aromatic carbocycles. The van der Waals surface area contributed by atoms with Crippen LogP contribution >= 0.6 is 0 Å². The molecule has 0 aliphatic carbocycles. The zero-order chi connectivity index (χ0) is 23.3. The minimum absolute atomic E-state index is 0.471. The van der Waals surface area contributed by atoms with E-state index in [4.69, 9.17) is 25.3 Å². The molecular formula is C27H27N5O2. The Bertz CT molecular complexity index is 1420. The summed E-state index contributed by atoms with van der Waals surface area (Å²) >= 11 is 0. The van der Waals surface area contributed by atoms with E-state index in [1.165, 1.54) is 0 Å². The molecule has 1 spiro atoms. The second-order valence-electron chi connectivity index (χ2n) is 9.09. The molecule has 0 bridgehead atoms. The van der Waals surface area contributed by atoms with Crippen molar-refractivity contribution in [2.24, 2.45) is 0 Å². The summed E-state index contributed by atoms with van der Waals surface area (Å²) in [4.78, 5) is 7.12. The van der Waals surface area contributed by atoms with E-state index in [1.54, 1.807) is 7.11 Å². The molecule has 2 aliphatic rings. The third-order valence-corrected chi connectivity index (χ3v) is 6.95. The molecule has 34 heavy (non-hydrogen) atoms. The van der Waals surface area contributed by atoms with Gasteiger partial charge in [0.1, 0.15) is 17.1 Å². The first-order chi connectivity index (χ1) is 16.6. The van der Waals surface area contributed by atoms with Crippen molar-refractivity contribution in [3.63, 3.8) is 0 Å². The summed E-state index contributed by atoms with van der Waals surface area (Å²) in [7, 11) is 3.84. The van der Waals surface area contributed by atoms with Gasteiger partial charge in [-0.2, -0.15) is 0 Å². The average Bonchev–Trinajstić information content (AvgIpc) is 3.29. The van der Waals surface area contributed by atoms with Crippen LogP contribution in [0.2, 0.25) is 0 Å². The molecule has 0 atom stereocenters. The highest BCUT2D eigenvalue weighted by Crippen LogP contribution is 2.45. The summed E-state index contributed by atoms with van der Waals surface area (Å²) in [5.41, 5.74) is 11.1. The lowest BCUT2D eigenvalue weighted by Gasteiger charge is -2.44. The van der Waals surface area contributed by atoms with Gasteiger partial charge in [0.2, 0.25) is 0 Å². The summed E-state index contributed by atoms with van der Waals surface area (Å²) in [6.45, 7) is 1.89. The second-order valence-corrected chi connectivity index (χ2v) is 9.09. The molecule has 1 fully saturated rings. The van der Waals surface area contributed by atoms with Crippen LogP contribution in [0, 0.1) is 0 Å². The number of para-hydroxylation sites is 1. The number of methoxy groups -OCH3 is 1. The number of nitrogens with two attached hydrogens (primary N) is 1. The van der Waals surface area contributed by atoms with Crippen LogP contribution in [-0.2, 0) is 0 Å². The highest BCUT2D eigenvalue weighted by molar-refractivity contribution is 5.88. The standard InChI is InChI=1S/C27H27N5O2/c1-31-13-11-27(12-14-31)22(16-18-15-19(28)7-10-24(18)34-27)26-29-17-20-8-9-23(32(20)30-26)21-5-3-4-6-25(21)33-2/h3-10,15-17H,11-14,28H2,1-2H3. The fourth-order valence-electron chi connectivity index (χ4n) is 5.03. The number of benzene rings is 2. The Kier molecular flexibility index (Phi) is 4.81. The van der Waals surface area contributed by atoms with E-state index in [-0.39, 0.29) is 0 Å². The number of likely N-dealkylation sites (tertiary alicyclic amines) is 1. The lowest BCUT2D eigenvalue weighted by atomic mass is 9.80. The van der Waals surface area contributed by atoms with Crippen LogP contribution in [0.3, 0.4) is 0 Å². The molecule has 1 saturated heterocycles. The van der Waals surface area contributed by atoms with Gasteiger partial charge < -0.3 is 20.1 Å². The number of fused-ring (bicyclic) bond motifs is 2. The van der Waals surface area contributed by atoms with Gasteiger partial charge in [-0.1, -0.05) is 12.1 Å². The van der Waals surface area contributed by atoms with Crippen molar-refractivity contribution in [3.8, 4) is 22.8 Å². The van der Waals surface area contributed by atoms with E-state index in [0.29, 0.717) is 11.5 Å². The molecule has 2 aromatic heterocycles. The first-order valence-corrected chi connectivity index (χ1v) is 11.5. The number of piperidine rings is 1. The minimum atomic E-state index is -0.471. The van der Waals surface area contributed by atoms with Gasteiger partial charge in [-0.25, -0.2) is 9.50 Å². The normalized spacial score (nSPS) is 17.3. The maximum absolute atomic E-state index is 6.72. The van der Waals surface area contributed by atoms with Gasteiger partial charge in [0.15, 0.2) is 5.82 Å². The SMILES string of the molecule is COc1ccccc1-c1ccc2cnc(C3=Cc4cc(N)ccc4OC34CCN(C)CC4)nn12. The summed E-state index contributed by atoms with van der Waals surface area (Å²) in [6.07, 6.45) is 5.77. The number of hydrogen-bond donors (Lipinski definition) is 1. The van der Waals surface area contributed by atoms with E-state index in [1.807, 2.05) is 59.2 Å². The Morgan fingerprint density at radius 2 is 1.88 bits per heavy atom. The van der Waals surface area contributed by atoms with Crippen LogP contribution in [-0.4, -0.2) is 52.3 Å². The Morgan fingerprint density at radius 1 is 1.06 bits per heavy atom. The van der Waals surface area contributed by atoms with Gasteiger partial charge in [0, 0.05) is 48.3 Å². The lowest BCUT2D eigenvalue weighted by molar-refractivity contribution is 0.0554. The number of nitrogens with zero attached hydrogens (tertiary/aromatic N) is 4. The van der Waals surface area contributed by atoms with Crippen molar-refractivity contribution in [1.29, 1.82) is 0 Å². The summed E-state index contributed by atoms with van der Waals surface area (Å²) in [6, 6.07) is 17.9. The number of rotatable bonds is 3. The fraction of sp³-hybridized carbons (Fsp3) is 0.259. The van der Waals surface area contributed by atoms with E-state index >= 15 is 0 Å². The van der Waals surface area contributed by atoms with Crippen LogP contribution < -0.4 is 15.2 Å². The molecule has 0 amide bonds. The highest BCUT2D eigenvalue weighted by atomic mass is 16.5. The monoisotopic (exact) mass is 453 g/mol. The molecule has 2 N–H and O–H groups in total. The summed E-state index contributed by atoms with van der Waals surface area (Å²) in [5, 5.41) is 5.03. The van der Waals surface area contributed by atoms with Gasteiger partial charge in [0.25, 0.3) is 0 Å². The summed E-state index contributed by atoms with van der Waals surface area (Å²) in [5.74, 6) is 2.33. The fourth-order valence-corrected chi connectivity index (χ4v) is 5.03. The van der Waals surface area contributed by atoms with Crippen LogP contribution in [0.15, 0.2) is 60.8 Å². The van der Waals surface area contributed by atoms with Crippen molar-refractivity contribution in [1.82, 2.24) is 19.5 Å². The van der Waals surface area contributed by atoms with Crippen molar-refractivity contribution in [3.05, 3.63) is 72.2 Å². The number of hydrogen-bond acceptors (Lipinski definition) is 6. The van der Waals surface area contributed by atoms with Crippen molar-refractivity contribution in [2.45, 2.75) is 18.4 Å². The lowest BCUT2D eigenvalue weighted by Crippen LogP contribution is -2.49. The van der Waals surface area contributed by atoms with Crippen molar-refractivity contribution in [2.75, 3.05) is 33.0 Å². The van der Waals surface area contributed by atoms with Gasteiger partial charge in [-0.05, 0) is 55.6 Å². The van der Waals surface area contributed by atoms with Crippen LogP contribution in [0.25, 0.3) is 28.4 Å². The van der Waals surface area contributed by atoms with Crippen LogP contribution in [0.4, 0.5) is 5.69 Å². The topological polar surface area (TPSA) is 77.9 Å². The molecule has 0 radical (unpaired) electrons. The first kappa shape index (κ1) is 20.7. The molecule has 0 saturated carbocycles. The predicted octanol–water partition coefficient (Wildman–Crippen LogP) is 4.38. The molecule has 7 heteroatoms. The van der Waals surface area contributed by atoms with Crippen molar-refractivity contribution >= 4 is 22.9 Å². The van der Waals surface area contributed by atoms with Gasteiger partial charge >= 0.3 is 0 Å². The highest BCUT2D eigenvalue weighted by Gasteiger charge is 2.44. The quantitative estimate of drug-likeness (QED) is 0.464. The zero-order valence-electron chi connectivity index (χ0n) is 19.4. The molecule has 0 unspecified atom stereocenters. The van der Waals surface area contributed by atoms with E-state index < -0.39 is 5.60 Å². The number of nitrogen functional groups attached to an aromatic ring is 1. The zero-order valence-corrected chi connectivity index (χ0v) is 19.4. The van der Waals surface area contributed by atoms with Gasteiger partial charge in [0.05, 0.1) is 24.5 Å². The Morgan fingerprint density at radius 3 is 2.71 bits per heavy atom. The molecule has 172 valence electrons. The minimum Gasteiger partial charge on any atom is -0.496 e. The molecule has 2 aliphatic heterocycles.